The predicted octanol–water partition coefficient (Wildman–Crippen LogP) is 2.59. The van der Waals surface area contributed by atoms with Gasteiger partial charge in [0.2, 0.25) is 5.91 Å². The maximum absolute atomic E-state index is 12.5. The van der Waals surface area contributed by atoms with Gasteiger partial charge < -0.3 is 10.1 Å². The summed E-state index contributed by atoms with van der Waals surface area (Å²) >= 11 is 6.01. The zero-order chi connectivity index (χ0) is 20.4. The number of aryl methyl sites for hydroxylation is 1. The summed E-state index contributed by atoms with van der Waals surface area (Å²) in [4.78, 5) is 50.5. The Morgan fingerprint density at radius 3 is 2.36 bits per heavy atom. The molecule has 1 heterocycles. The van der Waals surface area contributed by atoms with Crippen molar-refractivity contribution in [3.63, 3.8) is 0 Å². The third-order valence-electron chi connectivity index (χ3n) is 4.14. The van der Waals surface area contributed by atoms with E-state index >= 15 is 0 Å². The van der Waals surface area contributed by atoms with Gasteiger partial charge in [0.05, 0.1) is 12.8 Å². The normalized spacial score (nSPS) is 13.9. The first-order chi connectivity index (χ1) is 13.3. The van der Waals surface area contributed by atoms with Crippen molar-refractivity contribution in [2.24, 2.45) is 0 Å². The van der Waals surface area contributed by atoms with Crippen LogP contribution in [0, 0.1) is 6.92 Å². The van der Waals surface area contributed by atoms with Crippen molar-refractivity contribution in [1.82, 2.24) is 4.90 Å². The fourth-order valence-corrected chi connectivity index (χ4v) is 2.80. The summed E-state index contributed by atoms with van der Waals surface area (Å²) in [7, 11) is 1.48. The first kappa shape index (κ1) is 19.4. The van der Waals surface area contributed by atoms with E-state index in [1.165, 1.54) is 19.2 Å². The van der Waals surface area contributed by atoms with Crippen LogP contribution in [0.3, 0.4) is 0 Å². The van der Waals surface area contributed by atoms with Crippen LogP contribution < -0.4 is 15.0 Å². The van der Waals surface area contributed by atoms with E-state index in [0.717, 1.165) is 10.5 Å². The lowest BCUT2D eigenvalue weighted by Crippen LogP contribution is -2.39. The number of halogens is 1. The Bertz CT molecular complexity index is 974. The van der Waals surface area contributed by atoms with Crippen LogP contribution in [-0.2, 0) is 14.4 Å². The molecule has 0 unspecified atom stereocenters. The molecule has 0 aromatic heterocycles. The van der Waals surface area contributed by atoms with Crippen LogP contribution in [0.25, 0.3) is 0 Å². The van der Waals surface area contributed by atoms with Gasteiger partial charge in [-0.3, -0.25) is 14.4 Å². The van der Waals surface area contributed by atoms with Crippen LogP contribution in [-0.4, -0.2) is 42.3 Å². The number of urea groups is 1. The first-order valence-electron chi connectivity index (χ1n) is 8.22. The van der Waals surface area contributed by atoms with Crippen LogP contribution in [0.15, 0.2) is 42.5 Å². The molecule has 1 N–H and O–H groups in total. The molecule has 1 fully saturated rings. The highest BCUT2D eigenvalue weighted by Gasteiger charge is 2.46. The number of ether oxygens (including phenoxy) is 1. The van der Waals surface area contributed by atoms with Gasteiger partial charge in [0.1, 0.15) is 12.3 Å². The Kier molecular flexibility index (Phi) is 5.32. The van der Waals surface area contributed by atoms with Gasteiger partial charge >= 0.3 is 17.8 Å². The fourth-order valence-electron chi connectivity index (χ4n) is 2.62. The van der Waals surface area contributed by atoms with Gasteiger partial charge in [0.25, 0.3) is 0 Å². The number of rotatable bonds is 5. The summed E-state index contributed by atoms with van der Waals surface area (Å²) in [6.07, 6.45) is 0. The van der Waals surface area contributed by atoms with Crippen molar-refractivity contribution in [2.45, 2.75) is 6.92 Å². The van der Waals surface area contributed by atoms with E-state index in [1.54, 1.807) is 30.3 Å². The molecule has 2 aromatic carbocycles. The maximum atomic E-state index is 12.5. The average Bonchev–Trinajstić information content (AvgIpc) is 2.88. The van der Waals surface area contributed by atoms with Crippen LogP contribution in [0.2, 0.25) is 5.02 Å². The van der Waals surface area contributed by atoms with Gasteiger partial charge in [-0.1, -0.05) is 17.7 Å². The summed E-state index contributed by atoms with van der Waals surface area (Å²) in [5, 5.41) is 3.01. The molecule has 2 aromatic rings. The summed E-state index contributed by atoms with van der Waals surface area (Å²) in [5.74, 6) is -2.20. The number of amides is 5. The number of nitrogens with one attached hydrogen (secondary N) is 1. The van der Waals surface area contributed by atoms with E-state index in [1.807, 2.05) is 6.92 Å². The van der Waals surface area contributed by atoms with Crippen molar-refractivity contribution in [1.29, 1.82) is 0 Å². The predicted molar refractivity (Wildman–Crippen MR) is 102 cm³/mol. The second-order valence-corrected chi connectivity index (χ2v) is 6.43. The second-order valence-electron chi connectivity index (χ2n) is 6.02. The largest absolute Gasteiger partial charge is 0.497 e. The van der Waals surface area contributed by atoms with E-state index in [9.17, 15) is 19.2 Å². The minimum Gasteiger partial charge on any atom is -0.497 e. The monoisotopic (exact) mass is 401 g/mol. The number of hydrogen-bond acceptors (Lipinski definition) is 5. The number of imide groups is 2. The Morgan fingerprint density at radius 2 is 1.75 bits per heavy atom. The van der Waals surface area contributed by atoms with Gasteiger partial charge in [-0.25, -0.2) is 14.6 Å². The van der Waals surface area contributed by atoms with E-state index in [0.29, 0.717) is 21.4 Å². The number of hydrogen-bond donors (Lipinski definition) is 1. The minimum absolute atomic E-state index is 0.206. The van der Waals surface area contributed by atoms with Crippen LogP contribution in [0.5, 0.6) is 5.75 Å². The van der Waals surface area contributed by atoms with Gasteiger partial charge in [0.15, 0.2) is 0 Å². The molecule has 5 amide bonds. The molecule has 1 saturated heterocycles. The molecular formula is C19H16ClN3O5. The van der Waals surface area contributed by atoms with Crippen LogP contribution in [0.4, 0.5) is 16.2 Å². The number of carbonyl (C=O) groups excluding carboxylic acids is 4. The highest BCUT2D eigenvalue weighted by Crippen LogP contribution is 2.25. The molecule has 1 aliphatic heterocycles. The Balaban J connectivity index is 1.73. The molecule has 0 atom stereocenters. The van der Waals surface area contributed by atoms with Gasteiger partial charge in [-0.15, -0.1) is 0 Å². The van der Waals surface area contributed by atoms with Crippen molar-refractivity contribution in [3.05, 3.63) is 53.1 Å². The number of benzene rings is 2. The molecule has 1 aliphatic rings. The quantitative estimate of drug-likeness (QED) is 0.613. The molecule has 0 bridgehead atoms. The Morgan fingerprint density at radius 1 is 1.07 bits per heavy atom. The number of carbonyl (C=O) groups is 4. The third kappa shape index (κ3) is 3.67. The second kappa shape index (κ2) is 7.69. The number of methoxy groups -OCH3 is 1. The molecular weight excluding hydrogens is 386 g/mol. The Labute approximate surface area is 165 Å². The lowest BCUT2D eigenvalue weighted by molar-refractivity contribution is -0.140. The lowest BCUT2D eigenvalue weighted by Gasteiger charge is -2.15. The standard InChI is InChI=1S/C19H16ClN3O5/c1-11-3-4-12(9-15(11)20)21-16(24)10-22-17(25)18(26)23(19(22)27)13-5-7-14(28-2)8-6-13/h3-9H,10H2,1-2H3,(H,21,24). The highest BCUT2D eigenvalue weighted by atomic mass is 35.5. The van der Waals surface area contributed by atoms with Crippen molar-refractivity contribution in [2.75, 3.05) is 23.9 Å². The minimum atomic E-state index is -1.07. The van der Waals surface area contributed by atoms with Crippen molar-refractivity contribution < 1.29 is 23.9 Å². The average molecular weight is 402 g/mol. The van der Waals surface area contributed by atoms with Gasteiger partial charge in [-0.05, 0) is 48.9 Å². The SMILES string of the molecule is COc1ccc(N2C(=O)C(=O)N(CC(=O)Nc3ccc(C)c(Cl)c3)C2=O)cc1. The molecule has 0 aliphatic carbocycles. The van der Waals surface area contributed by atoms with Gasteiger partial charge in [-0.2, -0.15) is 0 Å². The summed E-state index contributed by atoms with van der Waals surface area (Å²) < 4.78 is 5.02. The van der Waals surface area contributed by atoms with E-state index in [-0.39, 0.29) is 5.69 Å². The third-order valence-corrected chi connectivity index (χ3v) is 4.55. The van der Waals surface area contributed by atoms with E-state index in [2.05, 4.69) is 5.32 Å². The molecule has 0 radical (unpaired) electrons. The van der Waals surface area contributed by atoms with Crippen molar-refractivity contribution in [3.8, 4) is 5.75 Å². The van der Waals surface area contributed by atoms with E-state index in [4.69, 9.17) is 16.3 Å². The summed E-state index contributed by atoms with van der Waals surface area (Å²) in [5.41, 5.74) is 1.46. The topological polar surface area (TPSA) is 96.0 Å². The fraction of sp³-hybridized carbons (Fsp3) is 0.158. The number of nitrogens with zero attached hydrogens (tertiary/aromatic N) is 2. The van der Waals surface area contributed by atoms with Crippen LogP contribution >= 0.6 is 11.6 Å². The zero-order valence-electron chi connectivity index (χ0n) is 15.1. The van der Waals surface area contributed by atoms with Gasteiger partial charge in [0, 0.05) is 10.7 Å². The molecule has 8 nitrogen and oxygen atoms in total. The zero-order valence-corrected chi connectivity index (χ0v) is 15.8. The number of anilines is 2. The molecule has 28 heavy (non-hydrogen) atoms. The van der Waals surface area contributed by atoms with Crippen LogP contribution in [0.1, 0.15) is 5.56 Å². The van der Waals surface area contributed by atoms with Crippen molar-refractivity contribution >= 4 is 46.7 Å². The molecule has 144 valence electrons. The first-order valence-corrected chi connectivity index (χ1v) is 8.59. The highest BCUT2D eigenvalue weighted by molar-refractivity contribution is 6.53. The molecule has 3 rings (SSSR count). The molecule has 0 saturated carbocycles. The Hall–Kier alpha value is -3.39. The van der Waals surface area contributed by atoms with E-state index < -0.39 is 30.3 Å². The summed E-state index contributed by atoms with van der Waals surface area (Å²) in [6, 6.07) is 10.1. The molecule has 0 spiro atoms. The molecule has 9 heteroatoms. The smallest absolute Gasteiger partial charge is 0.339 e. The maximum Gasteiger partial charge on any atom is 0.339 e. The lowest BCUT2D eigenvalue weighted by atomic mass is 10.2. The summed E-state index contributed by atoms with van der Waals surface area (Å²) in [6.45, 7) is 1.22.